The fourth-order valence-electron chi connectivity index (χ4n) is 2.11. The minimum absolute atomic E-state index is 0. The van der Waals surface area contributed by atoms with Crippen LogP contribution in [0.2, 0.25) is 0 Å². The Hall–Kier alpha value is -2.11. The van der Waals surface area contributed by atoms with E-state index in [1.54, 1.807) is 12.1 Å². The molecule has 1 amide bonds. The monoisotopic (exact) mass is 352 g/mol. The van der Waals surface area contributed by atoms with E-state index >= 15 is 0 Å². The number of rotatable bonds is 8. The molecule has 0 saturated carbocycles. The van der Waals surface area contributed by atoms with Crippen LogP contribution < -0.4 is 15.8 Å². The normalized spacial score (nSPS) is 11.2. The van der Waals surface area contributed by atoms with Crippen LogP contribution in [0.25, 0.3) is 0 Å². The van der Waals surface area contributed by atoms with Gasteiger partial charge in [-0.2, -0.15) is 0 Å². The molecule has 1 unspecified atom stereocenters. The first-order valence-electron chi connectivity index (χ1n) is 7.61. The molecule has 24 heavy (non-hydrogen) atoms. The van der Waals surface area contributed by atoms with E-state index in [1.807, 2.05) is 30.3 Å². The van der Waals surface area contributed by atoms with Gasteiger partial charge in [-0.1, -0.05) is 36.4 Å². The fraction of sp³-hybridized carbons (Fsp3) is 0.278. The average Bonchev–Trinajstić information content (AvgIpc) is 2.57. The molecule has 2 aromatic carbocycles. The first-order valence-corrected chi connectivity index (χ1v) is 7.61. The molecular formula is C18H22ClFN2O2. The topological polar surface area (TPSA) is 64.3 Å². The summed E-state index contributed by atoms with van der Waals surface area (Å²) in [6, 6.07) is 15.4. The highest BCUT2D eigenvalue weighted by molar-refractivity contribution is 5.85. The predicted molar refractivity (Wildman–Crippen MR) is 94.8 cm³/mol. The van der Waals surface area contributed by atoms with Crippen LogP contribution in [-0.4, -0.2) is 19.1 Å². The lowest BCUT2D eigenvalue weighted by Crippen LogP contribution is -2.31. The van der Waals surface area contributed by atoms with Gasteiger partial charge in [0.05, 0.1) is 6.61 Å². The molecule has 130 valence electrons. The number of amides is 1. The average molecular weight is 353 g/mol. The summed E-state index contributed by atoms with van der Waals surface area (Å²) in [5, 5.41) is 2.81. The van der Waals surface area contributed by atoms with Crippen molar-refractivity contribution in [1.29, 1.82) is 0 Å². The van der Waals surface area contributed by atoms with Crippen LogP contribution in [0, 0.1) is 5.82 Å². The number of carbonyl (C=O) groups is 1. The lowest BCUT2D eigenvalue weighted by Gasteiger charge is -2.13. The smallest absolute Gasteiger partial charge is 0.220 e. The molecule has 0 fully saturated rings. The Balaban J connectivity index is 0.00000288. The molecule has 0 heterocycles. The molecule has 0 bridgehead atoms. The highest BCUT2D eigenvalue weighted by Crippen LogP contribution is 2.12. The number of nitrogens with one attached hydrogen (secondary N) is 1. The molecule has 0 radical (unpaired) electrons. The summed E-state index contributed by atoms with van der Waals surface area (Å²) in [6.07, 6.45) is 0.903. The van der Waals surface area contributed by atoms with Crippen molar-refractivity contribution >= 4 is 18.3 Å². The first kappa shape index (κ1) is 19.9. The molecule has 0 aromatic heterocycles. The maximum Gasteiger partial charge on any atom is 0.220 e. The number of hydrogen-bond acceptors (Lipinski definition) is 3. The zero-order chi connectivity index (χ0) is 16.5. The van der Waals surface area contributed by atoms with Crippen LogP contribution in [0.4, 0.5) is 4.39 Å². The Bertz CT molecular complexity index is 625. The zero-order valence-corrected chi connectivity index (χ0v) is 14.1. The van der Waals surface area contributed by atoms with E-state index in [4.69, 9.17) is 10.5 Å². The third-order valence-corrected chi connectivity index (χ3v) is 3.36. The molecule has 6 heteroatoms. The summed E-state index contributed by atoms with van der Waals surface area (Å²) in [6.45, 7) is 0.759. The van der Waals surface area contributed by atoms with Crippen molar-refractivity contribution < 1.29 is 13.9 Å². The van der Waals surface area contributed by atoms with Crippen LogP contribution in [0.15, 0.2) is 54.6 Å². The van der Waals surface area contributed by atoms with Crippen molar-refractivity contribution in [3.05, 3.63) is 66.0 Å². The van der Waals surface area contributed by atoms with E-state index in [2.05, 4.69) is 5.32 Å². The van der Waals surface area contributed by atoms with Crippen molar-refractivity contribution in [2.24, 2.45) is 5.73 Å². The molecule has 0 aliphatic rings. The summed E-state index contributed by atoms with van der Waals surface area (Å²) in [4.78, 5) is 11.8. The van der Waals surface area contributed by atoms with Gasteiger partial charge < -0.3 is 15.8 Å². The van der Waals surface area contributed by atoms with Gasteiger partial charge in [-0.05, 0) is 24.1 Å². The number of benzene rings is 2. The molecule has 0 aliphatic heterocycles. The van der Waals surface area contributed by atoms with Crippen LogP contribution in [0.3, 0.4) is 0 Å². The van der Waals surface area contributed by atoms with Gasteiger partial charge in [0.15, 0.2) is 0 Å². The van der Waals surface area contributed by atoms with E-state index < -0.39 is 0 Å². The van der Waals surface area contributed by atoms with Crippen molar-refractivity contribution in [3.63, 3.8) is 0 Å². The van der Waals surface area contributed by atoms with Gasteiger partial charge in [0.25, 0.3) is 0 Å². The van der Waals surface area contributed by atoms with E-state index in [9.17, 15) is 9.18 Å². The number of ether oxygens (including phenoxy) is 1. The molecule has 4 nitrogen and oxygen atoms in total. The third-order valence-electron chi connectivity index (χ3n) is 3.36. The molecule has 2 rings (SSSR count). The fourth-order valence-corrected chi connectivity index (χ4v) is 2.11. The largest absolute Gasteiger partial charge is 0.493 e. The minimum atomic E-state index is -0.338. The SMILES string of the molecule is Cl.NC(CNC(=O)CCCOc1cccc(F)c1)c1ccccc1. The van der Waals surface area contributed by atoms with Gasteiger partial charge in [0, 0.05) is 25.1 Å². The van der Waals surface area contributed by atoms with Gasteiger partial charge >= 0.3 is 0 Å². The van der Waals surface area contributed by atoms with Crippen LogP contribution in [-0.2, 0) is 4.79 Å². The Morgan fingerprint density at radius 3 is 2.62 bits per heavy atom. The Kier molecular flexibility index (Phi) is 8.83. The Morgan fingerprint density at radius 2 is 1.92 bits per heavy atom. The molecule has 0 aliphatic carbocycles. The molecule has 0 saturated heterocycles. The van der Waals surface area contributed by atoms with Crippen LogP contribution in [0.1, 0.15) is 24.4 Å². The lowest BCUT2D eigenvalue weighted by atomic mass is 10.1. The standard InChI is InChI=1S/C18H21FN2O2.ClH/c19-15-8-4-9-16(12-15)23-11-5-10-18(22)21-13-17(20)14-6-2-1-3-7-14;/h1-4,6-9,12,17H,5,10-11,13,20H2,(H,21,22);1H. The summed E-state index contributed by atoms with van der Waals surface area (Å²) in [5.41, 5.74) is 7.00. The second-order valence-electron chi connectivity index (χ2n) is 5.23. The van der Waals surface area contributed by atoms with Crippen LogP contribution >= 0.6 is 12.4 Å². The van der Waals surface area contributed by atoms with E-state index in [1.165, 1.54) is 12.1 Å². The van der Waals surface area contributed by atoms with Crippen molar-refractivity contribution in [3.8, 4) is 5.75 Å². The molecule has 0 spiro atoms. The quantitative estimate of drug-likeness (QED) is 0.717. The second kappa shape index (κ2) is 10.6. The first-order chi connectivity index (χ1) is 11.1. The van der Waals surface area contributed by atoms with E-state index in [0.29, 0.717) is 31.7 Å². The Morgan fingerprint density at radius 1 is 1.17 bits per heavy atom. The Labute approximate surface area is 147 Å². The highest BCUT2D eigenvalue weighted by Gasteiger charge is 2.07. The van der Waals surface area contributed by atoms with Gasteiger partial charge in [-0.3, -0.25) is 4.79 Å². The van der Waals surface area contributed by atoms with Gasteiger partial charge in [0.2, 0.25) is 5.91 Å². The van der Waals surface area contributed by atoms with E-state index in [-0.39, 0.29) is 30.2 Å². The second-order valence-corrected chi connectivity index (χ2v) is 5.23. The maximum atomic E-state index is 13.0. The number of nitrogens with two attached hydrogens (primary N) is 1. The van der Waals surface area contributed by atoms with Crippen molar-refractivity contribution in [2.45, 2.75) is 18.9 Å². The molecular weight excluding hydrogens is 331 g/mol. The third kappa shape index (κ3) is 6.98. The zero-order valence-electron chi connectivity index (χ0n) is 13.3. The molecule has 2 aromatic rings. The number of hydrogen-bond donors (Lipinski definition) is 2. The van der Waals surface area contributed by atoms with Gasteiger partial charge in [-0.25, -0.2) is 4.39 Å². The van der Waals surface area contributed by atoms with Crippen molar-refractivity contribution in [1.82, 2.24) is 5.32 Å². The van der Waals surface area contributed by atoms with Crippen molar-refractivity contribution in [2.75, 3.05) is 13.2 Å². The summed E-state index contributed by atoms with van der Waals surface area (Å²) >= 11 is 0. The lowest BCUT2D eigenvalue weighted by molar-refractivity contribution is -0.121. The summed E-state index contributed by atoms with van der Waals surface area (Å²) in [7, 11) is 0. The molecule has 1 atom stereocenters. The van der Waals surface area contributed by atoms with Gasteiger partial charge in [0.1, 0.15) is 11.6 Å². The van der Waals surface area contributed by atoms with Gasteiger partial charge in [-0.15, -0.1) is 12.4 Å². The highest BCUT2D eigenvalue weighted by atomic mass is 35.5. The summed E-state index contributed by atoms with van der Waals surface area (Å²) in [5.74, 6) is 0.0610. The summed E-state index contributed by atoms with van der Waals surface area (Å²) < 4.78 is 18.4. The number of halogens is 2. The van der Waals surface area contributed by atoms with Crippen LogP contribution in [0.5, 0.6) is 5.75 Å². The van der Waals surface area contributed by atoms with E-state index in [0.717, 1.165) is 5.56 Å². The maximum absolute atomic E-state index is 13.0. The number of carbonyl (C=O) groups excluding carboxylic acids is 1. The molecule has 3 N–H and O–H groups in total. The predicted octanol–water partition coefficient (Wildman–Crippen LogP) is 3.22. The minimum Gasteiger partial charge on any atom is -0.493 e.